The molecule has 1 aliphatic rings. The normalized spacial score (nSPS) is 13.8. The Balaban J connectivity index is 1.36. The van der Waals surface area contributed by atoms with Gasteiger partial charge in [-0.15, -0.1) is 0 Å². The van der Waals surface area contributed by atoms with Crippen molar-refractivity contribution in [2.75, 3.05) is 45.2 Å². The number of carbonyl (C=O) groups is 1. The molecule has 0 bridgehead atoms. The molecule has 0 radical (unpaired) electrons. The third kappa shape index (κ3) is 7.01. The van der Waals surface area contributed by atoms with Crippen LogP contribution in [-0.4, -0.2) is 60.6 Å². The molecule has 4 rings (SSSR count). The average molecular weight is 538 g/mol. The predicted molar refractivity (Wildman–Crippen MR) is 153 cm³/mol. The van der Waals surface area contributed by atoms with Crippen LogP contribution >= 0.6 is 23.8 Å². The van der Waals surface area contributed by atoms with E-state index in [1.165, 1.54) is 5.56 Å². The molecule has 1 heterocycles. The fourth-order valence-corrected chi connectivity index (χ4v) is 4.96. The van der Waals surface area contributed by atoms with E-state index in [9.17, 15) is 4.79 Å². The molecule has 1 saturated heterocycles. The standard InChI is InChI=1S/C29H32ClN3O3S/c1-20-9-10-25(21(2)15-20)31-27(34)19-36-28-24(30)16-23(17-26(28)35-3)29(37)33-13-11-32(12-14-33)18-22-7-5-4-6-8-22/h4-10,15-17H,11-14,18-19H2,1-3H3,(H,31,34). The second-order valence-corrected chi connectivity index (χ2v) is 9.99. The Morgan fingerprint density at radius 2 is 1.76 bits per heavy atom. The number of benzene rings is 3. The summed E-state index contributed by atoms with van der Waals surface area (Å²) in [5.74, 6) is 0.476. The lowest BCUT2D eigenvalue weighted by atomic mass is 10.1. The van der Waals surface area contributed by atoms with Crippen LogP contribution in [0.15, 0.2) is 60.7 Å². The Morgan fingerprint density at radius 1 is 1.03 bits per heavy atom. The minimum Gasteiger partial charge on any atom is -0.493 e. The fourth-order valence-electron chi connectivity index (χ4n) is 4.39. The van der Waals surface area contributed by atoms with Crippen molar-refractivity contribution in [1.82, 2.24) is 9.80 Å². The number of carbonyl (C=O) groups excluding carboxylic acids is 1. The third-order valence-electron chi connectivity index (χ3n) is 6.39. The number of hydrogen-bond donors (Lipinski definition) is 1. The van der Waals surface area contributed by atoms with Crippen molar-refractivity contribution in [3.63, 3.8) is 0 Å². The number of amides is 1. The maximum Gasteiger partial charge on any atom is 0.262 e. The van der Waals surface area contributed by atoms with E-state index in [1.54, 1.807) is 13.2 Å². The molecule has 8 heteroatoms. The van der Waals surface area contributed by atoms with E-state index in [2.05, 4.69) is 39.4 Å². The highest BCUT2D eigenvalue weighted by molar-refractivity contribution is 7.80. The van der Waals surface area contributed by atoms with Gasteiger partial charge in [0.1, 0.15) is 4.99 Å². The third-order valence-corrected chi connectivity index (χ3v) is 7.16. The molecule has 1 N–H and O–H groups in total. The summed E-state index contributed by atoms with van der Waals surface area (Å²) in [6, 6.07) is 19.9. The summed E-state index contributed by atoms with van der Waals surface area (Å²) < 4.78 is 11.3. The van der Waals surface area contributed by atoms with E-state index in [0.29, 0.717) is 16.5 Å². The molecule has 0 aromatic heterocycles. The fraction of sp³-hybridized carbons (Fsp3) is 0.310. The summed E-state index contributed by atoms with van der Waals surface area (Å²) in [5.41, 5.74) is 4.98. The highest BCUT2D eigenvalue weighted by Crippen LogP contribution is 2.37. The summed E-state index contributed by atoms with van der Waals surface area (Å²) >= 11 is 12.4. The zero-order valence-corrected chi connectivity index (χ0v) is 23.0. The van der Waals surface area contributed by atoms with Gasteiger partial charge >= 0.3 is 0 Å². The molecule has 0 saturated carbocycles. The molecule has 0 unspecified atom stereocenters. The van der Waals surface area contributed by atoms with E-state index in [1.807, 2.05) is 44.2 Å². The first kappa shape index (κ1) is 26.9. The van der Waals surface area contributed by atoms with Crippen LogP contribution in [0.3, 0.4) is 0 Å². The average Bonchev–Trinajstić information content (AvgIpc) is 2.90. The van der Waals surface area contributed by atoms with E-state index in [-0.39, 0.29) is 12.5 Å². The lowest BCUT2D eigenvalue weighted by Gasteiger charge is -2.36. The molecule has 1 amide bonds. The Morgan fingerprint density at radius 3 is 2.43 bits per heavy atom. The van der Waals surface area contributed by atoms with Gasteiger partial charge in [0.2, 0.25) is 0 Å². The van der Waals surface area contributed by atoms with Crippen LogP contribution in [0.2, 0.25) is 5.02 Å². The molecule has 194 valence electrons. The highest BCUT2D eigenvalue weighted by Gasteiger charge is 2.22. The summed E-state index contributed by atoms with van der Waals surface area (Å²) in [4.78, 5) is 17.9. The smallest absolute Gasteiger partial charge is 0.262 e. The lowest BCUT2D eigenvalue weighted by Crippen LogP contribution is -2.48. The number of nitrogens with one attached hydrogen (secondary N) is 1. The van der Waals surface area contributed by atoms with Crippen LogP contribution in [0.4, 0.5) is 5.69 Å². The Kier molecular flexibility index (Phi) is 9.03. The molecule has 3 aromatic rings. The van der Waals surface area contributed by atoms with Crippen molar-refractivity contribution in [3.8, 4) is 11.5 Å². The largest absolute Gasteiger partial charge is 0.493 e. The van der Waals surface area contributed by atoms with Crippen molar-refractivity contribution in [2.24, 2.45) is 0 Å². The minimum atomic E-state index is -0.280. The number of hydrogen-bond acceptors (Lipinski definition) is 5. The Hall–Kier alpha value is -3.13. The number of piperazine rings is 1. The Bertz CT molecular complexity index is 1260. The van der Waals surface area contributed by atoms with Gasteiger partial charge in [-0.05, 0) is 43.2 Å². The number of nitrogens with zero attached hydrogens (tertiary/aromatic N) is 2. The summed E-state index contributed by atoms with van der Waals surface area (Å²) in [6.45, 7) is 8.23. The monoisotopic (exact) mass is 537 g/mol. The second kappa shape index (κ2) is 12.4. The van der Waals surface area contributed by atoms with Crippen molar-refractivity contribution in [3.05, 3.63) is 87.9 Å². The van der Waals surface area contributed by atoms with Crippen LogP contribution in [0.5, 0.6) is 11.5 Å². The minimum absolute atomic E-state index is 0.198. The van der Waals surface area contributed by atoms with E-state index >= 15 is 0 Å². The number of methoxy groups -OCH3 is 1. The molecule has 37 heavy (non-hydrogen) atoms. The van der Waals surface area contributed by atoms with Gasteiger partial charge in [0, 0.05) is 44.0 Å². The van der Waals surface area contributed by atoms with Gasteiger partial charge in [-0.2, -0.15) is 0 Å². The lowest BCUT2D eigenvalue weighted by molar-refractivity contribution is -0.118. The van der Waals surface area contributed by atoms with Crippen LogP contribution in [0.25, 0.3) is 0 Å². The zero-order valence-electron chi connectivity index (χ0n) is 21.4. The van der Waals surface area contributed by atoms with Crippen molar-refractivity contribution >= 4 is 40.4 Å². The molecule has 3 aromatic carbocycles. The van der Waals surface area contributed by atoms with Gasteiger partial charge in [0.25, 0.3) is 5.91 Å². The van der Waals surface area contributed by atoms with Crippen molar-refractivity contribution in [2.45, 2.75) is 20.4 Å². The molecule has 1 fully saturated rings. The van der Waals surface area contributed by atoms with Crippen molar-refractivity contribution in [1.29, 1.82) is 0 Å². The summed E-state index contributed by atoms with van der Waals surface area (Å²) in [7, 11) is 1.55. The molecule has 0 aliphatic carbocycles. The van der Waals surface area contributed by atoms with Crippen LogP contribution < -0.4 is 14.8 Å². The molecule has 0 atom stereocenters. The van der Waals surface area contributed by atoms with Gasteiger partial charge in [0.15, 0.2) is 18.1 Å². The van der Waals surface area contributed by atoms with Crippen LogP contribution in [-0.2, 0) is 11.3 Å². The molecule has 0 spiro atoms. The van der Waals surface area contributed by atoms with Gasteiger partial charge in [0.05, 0.1) is 12.1 Å². The molecule has 6 nitrogen and oxygen atoms in total. The summed E-state index contributed by atoms with van der Waals surface area (Å²) in [6.07, 6.45) is 0. The predicted octanol–water partition coefficient (Wildman–Crippen LogP) is 5.48. The number of aryl methyl sites for hydroxylation is 2. The molecule has 1 aliphatic heterocycles. The van der Waals surface area contributed by atoms with Gasteiger partial charge in [-0.1, -0.05) is 71.8 Å². The van der Waals surface area contributed by atoms with Gasteiger partial charge < -0.3 is 19.7 Å². The zero-order chi connectivity index (χ0) is 26.4. The topological polar surface area (TPSA) is 54.0 Å². The quantitative estimate of drug-likeness (QED) is 0.384. The second-order valence-electron chi connectivity index (χ2n) is 9.20. The first-order valence-electron chi connectivity index (χ1n) is 12.3. The van der Waals surface area contributed by atoms with Gasteiger partial charge in [-0.25, -0.2) is 0 Å². The van der Waals surface area contributed by atoms with E-state index < -0.39 is 0 Å². The first-order valence-corrected chi connectivity index (χ1v) is 13.1. The SMILES string of the molecule is COc1cc(C(=S)N2CCN(Cc3ccccc3)CC2)cc(Cl)c1OCC(=O)Nc1ccc(C)cc1C. The Labute approximate surface area is 229 Å². The van der Waals surface area contributed by atoms with Crippen molar-refractivity contribution < 1.29 is 14.3 Å². The number of halogens is 1. The number of rotatable bonds is 8. The first-order chi connectivity index (χ1) is 17.8. The maximum atomic E-state index is 12.5. The van der Waals surface area contributed by atoms with E-state index in [4.69, 9.17) is 33.3 Å². The number of anilines is 1. The molecular formula is C29H32ClN3O3S. The maximum absolute atomic E-state index is 12.5. The highest BCUT2D eigenvalue weighted by atomic mass is 35.5. The summed E-state index contributed by atoms with van der Waals surface area (Å²) in [5, 5.41) is 3.22. The van der Waals surface area contributed by atoms with Gasteiger partial charge in [-0.3, -0.25) is 9.69 Å². The van der Waals surface area contributed by atoms with Crippen LogP contribution in [0, 0.1) is 13.8 Å². The number of thiocarbonyl (C=S) groups is 1. The number of ether oxygens (including phenoxy) is 2. The van der Waals surface area contributed by atoms with E-state index in [0.717, 1.165) is 60.1 Å². The van der Waals surface area contributed by atoms with Crippen LogP contribution in [0.1, 0.15) is 22.3 Å². The molecular weight excluding hydrogens is 506 g/mol.